The van der Waals surface area contributed by atoms with Gasteiger partial charge < -0.3 is 24.9 Å². The van der Waals surface area contributed by atoms with Gasteiger partial charge in [-0.3, -0.25) is 22.0 Å². The molecule has 0 aliphatic heterocycles. The van der Waals surface area contributed by atoms with Crippen molar-refractivity contribution in [3.05, 3.63) is 239 Å². The van der Waals surface area contributed by atoms with Gasteiger partial charge in [-0.05, 0) is 104 Å². The van der Waals surface area contributed by atoms with Crippen LogP contribution in [0.5, 0.6) is 0 Å². The summed E-state index contributed by atoms with van der Waals surface area (Å²) >= 11 is 0. The van der Waals surface area contributed by atoms with Crippen LogP contribution >= 0.6 is 0 Å². The van der Waals surface area contributed by atoms with Crippen LogP contribution in [0.1, 0.15) is 151 Å². The fourth-order valence-corrected chi connectivity index (χ4v) is 21.9. The number of rotatable bonds is 16. The van der Waals surface area contributed by atoms with Crippen LogP contribution < -0.4 is 25.9 Å². The summed E-state index contributed by atoms with van der Waals surface area (Å²) in [6.07, 6.45) is 24.5. The fraction of sp³-hybridized carbons (Fsp3) is 0.415. The van der Waals surface area contributed by atoms with Crippen LogP contribution in [-0.2, 0) is 120 Å². The molecule has 2 aliphatic carbocycles. The van der Waals surface area contributed by atoms with E-state index in [2.05, 4.69) is 173 Å². The second-order valence-electron chi connectivity index (χ2n) is 35.9. The Hall–Kier alpha value is -4.17. The van der Waals surface area contributed by atoms with Crippen molar-refractivity contribution in [2.45, 2.75) is 236 Å². The molecule has 0 N–H and O–H groups in total. The van der Waals surface area contributed by atoms with Crippen molar-refractivity contribution in [1.29, 1.82) is 0 Å². The molecular formula is C94H119F5Ir5N5Si5-5. The average molecular weight is 2530 g/mol. The number of hydrogen-bond acceptors (Lipinski definition) is 5. The monoisotopic (exact) mass is 2530 g/mol. The van der Waals surface area contributed by atoms with Crippen molar-refractivity contribution in [3.8, 4) is 56.3 Å². The topological polar surface area (TPSA) is 64.5 Å². The van der Waals surface area contributed by atoms with E-state index < -0.39 is 78.5 Å². The SMILES string of the molecule is CC(C)(C)Cc1cc(-c2[c-]cccc2F)ncc1[Si](C)(C)C.C[Si](C)(C)c1cnc(-c2[c-]cccc2F)cc1CC1CCCC1.C[Si](C)(C)c1cnc(-c2[c-]cccc2F)cc1CC1CCCCC1.[2H]C([2H])([2H])c1cc(F)c[c-]c1-c1cc(C([2H])(C)C)c([Si](C)(C)C)cn1.[2H]C([2H])([2H])c1cc(F)c[c-]c1-c1cc(C([2H])([2H])[2H])c([Si](C)(C)C)cn1.[Ir].[Ir].[Ir].[Ir].[Ir]. The van der Waals surface area contributed by atoms with Crippen molar-refractivity contribution in [3.63, 3.8) is 0 Å². The molecule has 10 aromatic rings. The smallest absolute Gasteiger partial charge is 0.0799 e. The van der Waals surface area contributed by atoms with Crippen LogP contribution in [0.25, 0.3) is 56.3 Å². The molecule has 114 heavy (non-hydrogen) atoms. The van der Waals surface area contributed by atoms with Crippen LogP contribution in [-0.4, -0.2) is 65.3 Å². The van der Waals surface area contributed by atoms with Crippen molar-refractivity contribution in [2.75, 3.05) is 0 Å². The standard InChI is InChI=1S/C21H27FNSi.C20H25FNSi.C19H25FNSi.C18H23FNSi.C16H19FNSi.5Ir/c1-24(2,3)21-15-23-20(18-11-7-8-12-19(18)22)14-17(21)13-16-9-5-4-6-10-16;1-23(2,3)20-14-22-19(17-10-6-7-11-18(17)21)13-16(20)12-15-8-4-5-9-15;1-19(2,3)12-14-11-17(15-9-7-8-10-16(15)20)21-13-18(14)22(4,5)6;1-12(2)16-10-17(20-11-18(16)21(4,5)6)15-8-7-14(19)9-13(15)3;1-11-8-13(17)6-7-14(11)15-9-12(2)16(10-18-15)19(3,4)5;;;;;/h7-8,12,14-16H,4-6,9-10,13H2,1-3H3;6-7,11,13-15H,4-5,8-9,12H2,1-3H3;7-8,10-11,13H,12H2,1-6H3;7,9-12H,1-6H3;6,8-10H,1-5H3;;;;;/q5*-1;;;;;/i;;;3D3,12D;1D3,2D3;;;;;. The number of aromatic nitrogens is 5. The van der Waals surface area contributed by atoms with Gasteiger partial charge in [0.05, 0.1) is 40.4 Å². The summed E-state index contributed by atoms with van der Waals surface area (Å²) in [5, 5.41) is 5.96. The van der Waals surface area contributed by atoms with Crippen LogP contribution in [0.2, 0.25) is 98.2 Å². The van der Waals surface area contributed by atoms with Crippen molar-refractivity contribution >= 4 is 66.3 Å². The summed E-state index contributed by atoms with van der Waals surface area (Å²) in [5.41, 5.74) is 9.37. The zero-order valence-corrected chi connectivity index (χ0v) is 86.7. The third-order valence-corrected chi connectivity index (χ3v) is 30.0. The summed E-state index contributed by atoms with van der Waals surface area (Å²) in [6, 6.07) is 42.5. The maximum absolute atomic E-state index is 14.1. The van der Waals surface area contributed by atoms with Crippen molar-refractivity contribution in [1.82, 2.24) is 24.9 Å². The molecule has 0 spiro atoms. The van der Waals surface area contributed by atoms with Crippen LogP contribution in [0.15, 0.2) is 140 Å². The van der Waals surface area contributed by atoms with Gasteiger partial charge >= 0.3 is 0 Å². The minimum Gasteiger partial charge on any atom is -0.305 e. The molecule has 5 aromatic heterocycles. The van der Waals surface area contributed by atoms with Gasteiger partial charge in [0.1, 0.15) is 0 Å². The maximum Gasteiger partial charge on any atom is 0.0799 e. The van der Waals surface area contributed by atoms with Gasteiger partial charge in [-0.15, -0.1) is 131 Å². The van der Waals surface area contributed by atoms with Crippen LogP contribution in [0.4, 0.5) is 22.0 Å². The van der Waals surface area contributed by atoms with E-state index in [0.29, 0.717) is 33.3 Å². The molecule has 0 unspecified atom stereocenters. The molecule has 0 saturated heterocycles. The van der Waals surface area contributed by atoms with Gasteiger partial charge in [0.2, 0.25) is 0 Å². The van der Waals surface area contributed by atoms with Gasteiger partial charge in [-0.2, -0.15) is 0 Å². The van der Waals surface area contributed by atoms with E-state index in [1.165, 1.54) is 121 Å². The normalized spacial score (nSPS) is 15.0. The molecule has 0 amide bonds. The first kappa shape index (κ1) is 87.6. The molecule has 5 nitrogen and oxygen atoms in total. The summed E-state index contributed by atoms with van der Waals surface area (Å²) in [5.74, 6) is -1.41. The quantitative estimate of drug-likeness (QED) is 0.0548. The van der Waals surface area contributed by atoms with Crippen LogP contribution in [0.3, 0.4) is 0 Å². The zero-order chi connectivity index (χ0) is 88.6. The number of nitrogens with zero attached hydrogens (tertiary/aromatic N) is 5. The van der Waals surface area contributed by atoms with E-state index in [1.807, 2.05) is 38.2 Å². The maximum atomic E-state index is 14.1. The molecule has 5 radical (unpaired) electrons. The summed E-state index contributed by atoms with van der Waals surface area (Å²) < 4.78 is 147. The van der Waals surface area contributed by atoms with Crippen LogP contribution in [0, 0.1) is 97.2 Å². The van der Waals surface area contributed by atoms with Gasteiger partial charge in [0, 0.05) is 174 Å². The Bertz CT molecular complexity index is 5010. The first-order valence-corrected chi connectivity index (χ1v) is 55.8. The third-order valence-electron chi connectivity index (χ3n) is 19.8. The number of aryl methyl sites for hydroxylation is 3. The predicted octanol–water partition coefficient (Wildman–Crippen LogP) is 23.6. The average Bonchev–Trinajstić information content (AvgIpc) is 0.828. The molecule has 2 aliphatic rings. The van der Waals surface area contributed by atoms with E-state index in [1.54, 1.807) is 62.5 Å². The van der Waals surface area contributed by atoms with Gasteiger partial charge in [-0.25, -0.2) is 0 Å². The molecule has 20 heteroatoms. The summed E-state index contributed by atoms with van der Waals surface area (Å²) in [6.45, 7) is 36.6. The molecule has 5 heterocycles. The Morgan fingerprint density at radius 3 is 1.03 bits per heavy atom. The molecule has 0 atom stereocenters. The zero-order valence-electron chi connectivity index (χ0n) is 79.7. The van der Waals surface area contributed by atoms with Crippen molar-refractivity contribution < 1.29 is 136 Å². The first-order valence-electron chi connectivity index (χ1n) is 43.3. The van der Waals surface area contributed by atoms with E-state index >= 15 is 0 Å². The Balaban J connectivity index is 0.000000396. The largest absolute Gasteiger partial charge is 0.305 e. The Morgan fingerprint density at radius 2 is 0.702 bits per heavy atom. The fourth-order valence-electron chi connectivity index (χ4n) is 14.2. The number of benzene rings is 5. The van der Waals surface area contributed by atoms with Crippen molar-refractivity contribution in [2.24, 2.45) is 17.3 Å². The Morgan fingerprint density at radius 1 is 0.395 bits per heavy atom. The van der Waals surface area contributed by atoms with Gasteiger partial charge in [0.25, 0.3) is 0 Å². The summed E-state index contributed by atoms with van der Waals surface area (Å²) in [7, 11) is -8.11. The predicted molar refractivity (Wildman–Crippen MR) is 465 cm³/mol. The molecule has 2 saturated carbocycles. The molecule has 12 rings (SSSR count). The second-order valence-corrected chi connectivity index (χ2v) is 61.0. The van der Waals surface area contributed by atoms with Gasteiger partial charge in [-0.1, -0.05) is 279 Å². The van der Waals surface area contributed by atoms with E-state index in [-0.39, 0.29) is 157 Å². The first-order chi connectivity index (χ1) is 54.9. The molecule has 2 fully saturated rings. The minimum absolute atomic E-state index is 0. The van der Waals surface area contributed by atoms with E-state index in [0.717, 1.165) is 77.5 Å². The number of halogens is 5. The van der Waals surface area contributed by atoms with E-state index in [9.17, 15) is 22.0 Å². The molecule has 625 valence electrons. The summed E-state index contributed by atoms with van der Waals surface area (Å²) in [4.78, 5) is 22.4. The molecule has 5 aromatic carbocycles. The number of pyridine rings is 5. The third kappa shape index (κ3) is 30.2. The Labute approximate surface area is 768 Å². The number of hydrogen-bond donors (Lipinski definition) is 0. The van der Waals surface area contributed by atoms with Gasteiger partial charge in [0.15, 0.2) is 0 Å². The van der Waals surface area contributed by atoms with E-state index in [4.69, 9.17) is 13.7 Å². The Kier molecular flexibility index (Phi) is 35.0. The molecule has 0 bridgehead atoms. The molecular weight excluding hydrogens is 2400 g/mol. The minimum atomic E-state index is -2.56. The second kappa shape index (κ2) is 45.5.